The first-order chi connectivity index (χ1) is 9.61. The number of benzene rings is 1. The van der Waals surface area contributed by atoms with Gasteiger partial charge in [-0.2, -0.15) is 0 Å². The maximum atomic E-state index is 13.5. The van der Waals surface area contributed by atoms with Gasteiger partial charge in [0.25, 0.3) is 0 Å². The number of ether oxygens (including phenoxy) is 1. The van der Waals surface area contributed by atoms with E-state index in [2.05, 4.69) is 21.2 Å². The Bertz CT molecular complexity index is 475. The van der Waals surface area contributed by atoms with Crippen molar-refractivity contribution in [2.45, 2.75) is 44.2 Å². The Balaban J connectivity index is 2.22. The third kappa shape index (κ3) is 3.79. The summed E-state index contributed by atoms with van der Waals surface area (Å²) in [5.41, 5.74) is 0.586. The molecule has 1 aromatic carbocycles. The van der Waals surface area contributed by atoms with Gasteiger partial charge in [0.2, 0.25) is 0 Å². The molecule has 1 unspecified atom stereocenters. The maximum Gasteiger partial charge on any atom is 0.327 e. The predicted octanol–water partition coefficient (Wildman–Crippen LogP) is 3.72. The van der Waals surface area contributed by atoms with Crippen LogP contribution in [0.1, 0.15) is 43.7 Å². The van der Waals surface area contributed by atoms with Crippen LogP contribution in [0.15, 0.2) is 22.7 Å². The fourth-order valence-corrected chi connectivity index (χ4v) is 3.12. The van der Waals surface area contributed by atoms with Crippen molar-refractivity contribution in [1.29, 1.82) is 0 Å². The van der Waals surface area contributed by atoms with Crippen LogP contribution in [0.3, 0.4) is 0 Å². The van der Waals surface area contributed by atoms with Gasteiger partial charge < -0.3 is 4.74 Å². The Morgan fingerprint density at radius 2 is 2.10 bits per heavy atom. The summed E-state index contributed by atoms with van der Waals surface area (Å²) in [6.45, 7) is 0. The monoisotopic (exact) mass is 343 g/mol. The second-order valence-corrected chi connectivity index (χ2v) is 5.98. The van der Waals surface area contributed by atoms with Gasteiger partial charge in [-0.05, 0) is 36.6 Å². The summed E-state index contributed by atoms with van der Waals surface area (Å²) in [7, 11) is 1.35. The molecular formula is C15H19BrFNO2. The standard InChI is InChI=1S/C15H19BrFNO2/c1-20-15(19)14(18-11-5-3-2-4-6-11)12-9-10(17)7-8-13(12)16/h7-9,11,14,18H,2-6H2,1H3. The quantitative estimate of drug-likeness (QED) is 0.846. The van der Waals surface area contributed by atoms with Crippen molar-refractivity contribution >= 4 is 21.9 Å². The molecule has 0 amide bonds. The van der Waals surface area contributed by atoms with Gasteiger partial charge in [-0.25, -0.2) is 9.18 Å². The number of halogens is 2. The fraction of sp³-hybridized carbons (Fsp3) is 0.533. The summed E-state index contributed by atoms with van der Waals surface area (Å²) in [4.78, 5) is 12.0. The summed E-state index contributed by atoms with van der Waals surface area (Å²) in [6, 6.07) is 4.00. The van der Waals surface area contributed by atoms with Gasteiger partial charge in [0.05, 0.1) is 7.11 Å². The zero-order chi connectivity index (χ0) is 14.5. The molecule has 0 aliphatic heterocycles. The lowest BCUT2D eigenvalue weighted by molar-refractivity contribution is -0.143. The SMILES string of the molecule is COC(=O)C(NC1CCCCC1)c1cc(F)ccc1Br. The van der Waals surface area contributed by atoms with Crippen LogP contribution in [-0.2, 0) is 9.53 Å². The third-order valence-corrected chi connectivity index (χ3v) is 4.44. The van der Waals surface area contributed by atoms with E-state index >= 15 is 0 Å². The van der Waals surface area contributed by atoms with E-state index in [0.717, 1.165) is 25.7 Å². The molecule has 1 aromatic rings. The molecule has 0 aromatic heterocycles. The third-order valence-electron chi connectivity index (χ3n) is 3.71. The molecule has 1 atom stereocenters. The highest BCUT2D eigenvalue weighted by Crippen LogP contribution is 2.28. The largest absolute Gasteiger partial charge is 0.468 e. The first kappa shape index (κ1) is 15.4. The van der Waals surface area contributed by atoms with Crippen molar-refractivity contribution in [2.75, 3.05) is 7.11 Å². The lowest BCUT2D eigenvalue weighted by Gasteiger charge is -2.27. The van der Waals surface area contributed by atoms with E-state index in [1.807, 2.05) is 0 Å². The van der Waals surface area contributed by atoms with E-state index < -0.39 is 6.04 Å². The Hall–Kier alpha value is -0.940. The number of carbonyl (C=O) groups is 1. The molecule has 1 aliphatic carbocycles. The molecule has 2 rings (SSSR count). The van der Waals surface area contributed by atoms with E-state index in [4.69, 9.17) is 4.74 Å². The molecule has 1 N–H and O–H groups in total. The van der Waals surface area contributed by atoms with Gasteiger partial charge in [-0.15, -0.1) is 0 Å². The van der Waals surface area contributed by atoms with E-state index in [9.17, 15) is 9.18 Å². The molecule has 3 nitrogen and oxygen atoms in total. The molecule has 1 fully saturated rings. The molecule has 0 radical (unpaired) electrons. The highest BCUT2D eigenvalue weighted by Gasteiger charge is 2.27. The molecule has 0 saturated heterocycles. The smallest absolute Gasteiger partial charge is 0.327 e. The zero-order valence-corrected chi connectivity index (χ0v) is 13.1. The topological polar surface area (TPSA) is 38.3 Å². The van der Waals surface area contributed by atoms with Crippen molar-refractivity contribution in [3.05, 3.63) is 34.1 Å². The minimum absolute atomic E-state index is 0.281. The predicted molar refractivity (Wildman–Crippen MR) is 78.9 cm³/mol. The van der Waals surface area contributed by atoms with Crippen LogP contribution in [0.5, 0.6) is 0 Å². The van der Waals surface area contributed by atoms with E-state index in [1.165, 1.54) is 25.7 Å². The second-order valence-electron chi connectivity index (χ2n) is 5.12. The normalized spacial score (nSPS) is 17.8. The number of carbonyl (C=O) groups excluding carboxylic acids is 1. The number of hydrogen-bond acceptors (Lipinski definition) is 3. The molecule has 20 heavy (non-hydrogen) atoms. The molecule has 5 heteroatoms. The molecule has 1 aliphatic rings. The fourth-order valence-electron chi connectivity index (χ4n) is 2.64. The summed E-state index contributed by atoms with van der Waals surface area (Å²) >= 11 is 3.38. The highest BCUT2D eigenvalue weighted by molar-refractivity contribution is 9.10. The van der Waals surface area contributed by atoms with Crippen LogP contribution >= 0.6 is 15.9 Å². The molecule has 0 spiro atoms. The lowest BCUT2D eigenvalue weighted by atomic mass is 9.94. The summed E-state index contributed by atoms with van der Waals surface area (Å²) in [5, 5.41) is 3.32. The molecule has 0 heterocycles. The van der Waals surface area contributed by atoms with E-state index in [0.29, 0.717) is 10.0 Å². The van der Waals surface area contributed by atoms with Gasteiger partial charge in [-0.3, -0.25) is 5.32 Å². The van der Waals surface area contributed by atoms with Crippen molar-refractivity contribution in [3.8, 4) is 0 Å². The van der Waals surface area contributed by atoms with Crippen LogP contribution in [-0.4, -0.2) is 19.1 Å². The molecule has 0 bridgehead atoms. The van der Waals surface area contributed by atoms with E-state index in [-0.39, 0.29) is 17.8 Å². The Morgan fingerprint density at radius 3 is 2.75 bits per heavy atom. The molecule has 110 valence electrons. The van der Waals surface area contributed by atoms with Crippen LogP contribution < -0.4 is 5.32 Å². The minimum Gasteiger partial charge on any atom is -0.468 e. The first-order valence-corrected chi connectivity index (χ1v) is 7.70. The van der Waals surface area contributed by atoms with Gasteiger partial charge in [0, 0.05) is 10.5 Å². The number of nitrogens with one attached hydrogen (secondary N) is 1. The van der Waals surface area contributed by atoms with Crippen LogP contribution in [0.2, 0.25) is 0 Å². The zero-order valence-electron chi connectivity index (χ0n) is 11.5. The van der Waals surface area contributed by atoms with Crippen molar-refractivity contribution in [3.63, 3.8) is 0 Å². The second kappa shape index (κ2) is 7.18. The highest BCUT2D eigenvalue weighted by atomic mass is 79.9. The Morgan fingerprint density at radius 1 is 1.40 bits per heavy atom. The average Bonchev–Trinajstić information content (AvgIpc) is 2.48. The Labute approximate surface area is 127 Å². The maximum absolute atomic E-state index is 13.5. The van der Waals surface area contributed by atoms with Gasteiger partial charge in [-0.1, -0.05) is 35.2 Å². The summed E-state index contributed by atoms with van der Waals surface area (Å²) < 4.78 is 19.0. The van der Waals surface area contributed by atoms with Crippen molar-refractivity contribution in [1.82, 2.24) is 5.32 Å². The molecule has 1 saturated carbocycles. The number of methoxy groups -OCH3 is 1. The van der Waals surface area contributed by atoms with Gasteiger partial charge in [0.15, 0.2) is 0 Å². The molecular weight excluding hydrogens is 325 g/mol. The number of hydrogen-bond donors (Lipinski definition) is 1. The van der Waals surface area contributed by atoms with Gasteiger partial charge in [0.1, 0.15) is 11.9 Å². The summed E-state index contributed by atoms with van der Waals surface area (Å²) in [5.74, 6) is -0.746. The first-order valence-electron chi connectivity index (χ1n) is 6.90. The van der Waals surface area contributed by atoms with E-state index in [1.54, 1.807) is 6.07 Å². The summed E-state index contributed by atoms with van der Waals surface area (Å²) in [6.07, 6.45) is 5.65. The van der Waals surface area contributed by atoms with Crippen molar-refractivity contribution in [2.24, 2.45) is 0 Å². The minimum atomic E-state index is -0.631. The lowest BCUT2D eigenvalue weighted by Crippen LogP contribution is -2.39. The van der Waals surface area contributed by atoms with Crippen LogP contribution in [0.25, 0.3) is 0 Å². The van der Waals surface area contributed by atoms with Gasteiger partial charge >= 0.3 is 5.97 Å². The Kier molecular flexibility index (Phi) is 5.54. The van der Waals surface area contributed by atoms with Crippen LogP contribution in [0.4, 0.5) is 4.39 Å². The average molecular weight is 344 g/mol. The van der Waals surface area contributed by atoms with Crippen LogP contribution in [0, 0.1) is 5.82 Å². The number of esters is 1. The van der Waals surface area contributed by atoms with Crippen molar-refractivity contribution < 1.29 is 13.9 Å². The number of rotatable bonds is 4.